The summed E-state index contributed by atoms with van der Waals surface area (Å²) in [6.45, 7) is 4.25. The summed E-state index contributed by atoms with van der Waals surface area (Å²) in [6.07, 6.45) is 3.44. The summed E-state index contributed by atoms with van der Waals surface area (Å²) in [5.41, 5.74) is 2.19. The summed E-state index contributed by atoms with van der Waals surface area (Å²) in [5, 5.41) is 6.18. The second-order valence-corrected chi connectivity index (χ2v) is 5.04. The number of nitrogens with one attached hydrogen (secondary N) is 1. The Kier molecular flexibility index (Phi) is 3.46. The molecule has 0 saturated heterocycles. The Hall–Kier alpha value is -1.06. The van der Waals surface area contributed by atoms with E-state index in [0.717, 1.165) is 5.69 Å². The molecule has 2 aromatic rings. The fourth-order valence-corrected chi connectivity index (χ4v) is 2.71. The van der Waals surface area contributed by atoms with Crippen LogP contribution in [0.25, 0.3) is 0 Å². The van der Waals surface area contributed by atoms with Gasteiger partial charge in [-0.1, -0.05) is 11.6 Å². The summed E-state index contributed by atoms with van der Waals surface area (Å²) in [5.74, 6) is 0. The van der Waals surface area contributed by atoms with Gasteiger partial charge in [-0.15, -0.1) is 11.3 Å². The van der Waals surface area contributed by atoms with E-state index in [9.17, 15) is 0 Å². The predicted molar refractivity (Wildman–Crippen MR) is 70.3 cm³/mol. The molecule has 2 heterocycles. The number of anilines is 1. The Labute approximate surface area is 104 Å². The van der Waals surface area contributed by atoms with Crippen molar-refractivity contribution in [1.82, 2.24) is 4.98 Å². The molecule has 4 heteroatoms. The Morgan fingerprint density at radius 2 is 2.25 bits per heavy atom. The van der Waals surface area contributed by atoms with E-state index in [-0.39, 0.29) is 6.04 Å². The quantitative estimate of drug-likeness (QED) is 0.882. The minimum atomic E-state index is 0.252. The van der Waals surface area contributed by atoms with E-state index in [0.29, 0.717) is 5.02 Å². The topological polar surface area (TPSA) is 24.9 Å². The molecule has 0 aliphatic carbocycles. The molecule has 0 aliphatic rings. The van der Waals surface area contributed by atoms with Gasteiger partial charge in [0.2, 0.25) is 0 Å². The van der Waals surface area contributed by atoms with E-state index in [1.807, 2.05) is 0 Å². The van der Waals surface area contributed by atoms with E-state index in [4.69, 9.17) is 11.6 Å². The molecule has 2 aromatic heterocycles. The van der Waals surface area contributed by atoms with Crippen molar-refractivity contribution in [2.24, 2.45) is 0 Å². The second-order valence-electron chi connectivity index (χ2n) is 3.69. The lowest BCUT2D eigenvalue weighted by Gasteiger charge is -2.15. The standard InChI is InChI=1S/C12H13ClN2S/c1-8-4-6-16-12(8)9(2)15-11-7-14-5-3-10(11)13/h3-7,9,15H,1-2H3. The first-order chi connectivity index (χ1) is 7.68. The Morgan fingerprint density at radius 3 is 2.88 bits per heavy atom. The first-order valence-electron chi connectivity index (χ1n) is 5.08. The van der Waals surface area contributed by atoms with E-state index in [2.05, 4.69) is 35.6 Å². The third-order valence-corrected chi connectivity index (χ3v) is 3.97. The monoisotopic (exact) mass is 252 g/mol. The summed E-state index contributed by atoms with van der Waals surface area (Å²) >= 11 is 7.83. The predicted octanol–water partition coefficient (Wildman–Crippen LogP) is 4.28. The molecule has 0 bridgehead atoms. The molecule has 16 heavy (non-hydrogen) atoms. The Balaban J connectivity index is 2.17. The molecule has 1 N–H and O–H groups in total. The maximum absolute atomic E-state index is 6.07. The van der Waals surface area contributed by atoms with Gasteiger partial charge in [-0.3, -0.25) is 4.98 Å². The first kappa shape index (κ1) is 11.4. The van der Waals surface area contributed by atoms with Crippen LogP contribution in [0.1, 0.15) is 23.4 Å². The van der Waals surface area contributed by atoms with Gasteiger partial charge in [0.15, 0.2) is 0 Å². The van der Waals surface area contributed by atoms with Crippen LogP contribution in [-0.2, 0) is 0 Å². The normalized spacial score (nSPS) is 12.4. The highest BCUT2D eigenvalue weighted by Gasteiger charge is 2.10. The van der Waals surface area contributed by atoms with Crippen LogP contribution in [0.2, 0.25) is 5.02 Å². The van der Waals surface area contributed by atoms with Crippen LogP contribution < -0.4 is 5.32 Å². The summed E-state index contributed by atoms with van der Waals surface area (Å²) in [4.78, 5) is 5.39. The third kappa shape index (κ3) is 2.36. The minimum Gasteiger partial charge on any atom is -0.375 e. The van der Waals surface area contributed by atoms with Gasteiger partial charge in [0.05, 0.1) is 22.9 Å². The number of rotatable bonds is 3. The van der Waals surface area contributed by atoms with E-state index < -0.39 is 0 Å². The van der Waals surface area contributed by atoms with Crippen LogP contribution in [0.5, 0.6) is 0 Å². The van der Waals surface area contributed by atoms with Gasteiger partial charge in [0.25, 0.3) is 0 Å². The van der Waals surface area contributed by atoms with E-state index in [1.165, 1.54) is 10.4 Å². The van der Waals surface area contributed by atoms with Crippen LogP contribution in [0.4, 0.5) is 5.69 Å². The highest BCUT2D eigenvalue weighted by atomic mass is 35.5. The van der Waals surface area contributed by atoms with Crippen molar-refractivity contribution < 1.29 is 0 Å². The van der Waals surface area contributed by atoms with Gasteiger partial charge >= 0.3 is 0 Å². The lowest BCUT2D eigenvalue weighted by atomic mass is 10.2. The maximum Gasteiger partial charge on any atom is 0.0721 e. The highest BCUT2D eigenvalue weighted by molar-refractivity contribution is 7.10. The number of thiophene rings is 1. The van der Waals surface area contributed by atoms with Crippen LogP contribution in [-0.4, -0.2) is 4.98 Å². The SMILES string of the molecule is Cc1ccsc1C(C)Nc1cnccc1Cl. The molecule has 84 valence electrons. The van der Waals surface area contributed by atoms with Crippen LogP contribution in [0.3, 0.4) is 0 Å². The zero-order chi connectivity index (χ0) is 11.5. The van der Waals surface area contributed by atoms with E-state index >= 15 is 0 Å². The highest BCUT2D eigenvalue weighted by Crippen LogP contribution is 2.29. The summed E-state index contributed by atoms with van der Waals surface area (Å²) in [7, 11) is 0. The number of aromatic nitrogens is 1. The van der Waals surface area contributed by atoms with Crippen molar-refractivity contribution in [1.29, 1.82) is 0 Å². The molecule has 0 aliphatic heterocycles. The number of halogens is 1. The first-order valence-corrected chi connectivity index (χ1v) is 6.34. The molecular weight excluding hydrogens is 240 g/mol. The average Bonchev–Trinajstić information content (AvgIpc) is 2.68. The van der Waals surface area contributed by atoms with Gasteiger partial charge in [-0.25, -0.2) is 0 Å². The number of hydrogen-bond donors (Lipinski definition) is 1. The van der Waals surface area contributed by atoms with Gasteiger partial charge in [0, 0.05) is 11.1 Å². The van der Waals surface area contributed by atoms with Crippen molar-refractivity contribution >= 4 is 28.6 Å². The number of aryl methyl sites for hydroxylation is 1. The van der Waals surface area contributed by atoms with Crippen molar-refractivity contribution in [2.75, 3.05) is 5.32 Å². The summed E-state index contributed by atoms with van der Waals surface area (Å²) < 4.78 is 0. The minimum absolute atomic E-state index is 0.252. The number of pyridine rings is 1. The van der Waals surface area contributed by atoms with Crippen molar-refractivity contribution in [3.63, 3.8) is 0 Å². The van der Waals surface area contributed by atoms with Crippen LogP contribution in [0, 0.1) is 6.92 Å². The fourth-order valence-electron chi connectivity index (χ4n) is 1.61. The lowest BCUT2D eigenvalue weighted by molar-refractivity contribution is 0.897. The number of hydrogen-bond acceptors (Lipinski definition) is 3. The third-order valence-electron chi connectivity index (χ3n) is 2.43. The van der Waals surface area contributed by atoms with Gasteiger partial charge in [-0.2, -0.15) is 0 Å². The van der Waals surface area contributed by atoms with Gasteiger partial charge < -0.3 is 5.32 Å². The maximum atomic E-state index is 6.07. The molecule has 1 unspecified atom stereocenters. The fraction of sp³-hybridized carbons (Fsp3) is 0.250. The van der Waals surface area contributed by atoms with Crippen LogP contribution in [0.15, 0.2) is 29.9 Å². The second kappa shape index (κ2) is 4.85. The Morgan fingerprint density at radius 1 is 1.44 bits per heavy atom. The van der Waals surface area contributed by atoms with Crippen molar-refractivity contribution in [2.45, 2.75) is 19.9 Å². The molecule has 0 fully saturated rings. The zero-order valence-electron chi connectivity index (χ0n) is 9.20. The largest absolute Gasteiger partial charge is 0.375 e. The number of nitrogens with zero attached hydrogens (tertiary/aromatic N) is 1. The van der Waals surface area contributed by atoms with Gasteiger partial charge in [-0.05, 0) is 36.9 Å². The molecule has 0 aromatic carbocycles. The molecule has 0 radical (unpaired) electrons. The molecular formula is C12H13ClN2S. The smallest absolute Gasteiger partial charge is 0.0721 e. The molecule has 2 nitrogen and oxygen atoms in total. The van der Waals surface area contributed by atoms with Gasteiger partial charge in [0.1, 0.15) is 0 Å². The summed E-state index contributed by atoms with van der Waals surface area (Å²) in [6, 6.07) is 4.17. The molecule has 0 amide bonds. The van der Waals surface area contributed by atoms with Crippen molar-refractivity contribution in [3.05, 3.63) is 45.4 Å². The zero-order valence-corrected chi connectivity index (χ0v) is 10.8. The molecule has 2 rings (SSSR count). The Bertz CT molecular complexity index is 481. The van der Waals surface area contributed by atoms with Crippen LogP contribution >= 0.6 is 22.9 Å². The molecule has 0 spiro atoms. The average molecular weight is 253 g/mol. The lowest BCUT2D eigenvalue weighted by Crippen LogP contribution is -2.06. The molecule has 0 saturated carbocycles. The van der Waals surface area contributed by atoms with E-state index in [1.54, 1.807) is 29.8 Å². The molecule has 1 atom stereocenters. The van der Waals surface area contributed by atoms with Crippen molar-refractivity contribution in [3.8, 4) is 0 Å².